The molecule has 22 heavy (non-hydrogen) atoms. The molecule has 2 aromatic carbocycles. The number of carbonyl (C=O) groups is 1. The lowest BCUT2D eigenvalue weighted by molar-refractivity contribution is 0.0986. The smallest absolute Gasteiger partial charge is 0.173 e. The zero-order valence-electron chi connectivity index (χ0n) is 12.7. The Bertz CT molecular complexity index is 665. The van der Waals surface area contributed by atoms with Gasteiger partial charge in [-0.25, -0.2) is 4.39 Å². The van der Waals surface area contributed by atoms with Crippen molar-refractivity contribution in [2.45, 2.75) is 6.42 Å². The number of rotatable bonds is 6. The molecule has 0 saturated carbocycles. The second-order valence-corrected chi connectivity index (χ2v) is 4.63. The van der Waals surface area contributed by atoms with Crippen molar-refractivity contribution >= 4 is 5.78 Å². The van der Waals surface area contributed by atoms with Crippen LogP contribution in [0.3, 0.4) is 0 Å². The molecule has 0 unspecified atom stereocenters. The van der Waals surface area contributed by atoms with Gasteiger partial charge in [-0.1, -0.05) is 12.1 Å². The first-order valence-corrected chi connectivity index (χ1v) is 6.66. The average Bonchev–Trinajstić information content (AvgIpc) is 2.54. The first kappa shape index (κ1) is 15.8. The number of hydrogen-bond acceptors (Lipinski definition) is 4. The van der Waals surface area contributed by atoms with E-state index in [-0.39, 0.29) is 23.5 Å². The average molecular weight is 304 g/mol. The van der Waals surface area contributed by atoms with E-state index in [1.54, 1.807) is 31.4 Å². The van der Waals surface area contributed by atoms with Gasteiger partial charge in [0, 0.05) is 18.6 Å². The summed E-state index contributed by atoms with van der Waals surface area (Å²) in [4.78, 5) is 12.4. The van der Waals surface area contributed by atoms with E-state index in [1.165, 1.54) is 26.4 Å². The lowest BCUT2D eigenvalue weighted by Crippen LogP contribution is -2.09. The Balaban J connectivity index is 2.28. The molecule has 0 saturated heterocycles. The molecule has 2 aromatic rings. The van der Waals surface area contributed by atoms with E-state index in [2.05, 4.69) is 0 Å². The largest absolute Gasteiger partial charge is 0.497 e. The van der Waals surface area contributed by atoms with Gasteiger partial charge in [0.1, 0.15) is 23.1 Å². The van der Waals surface area contributed by atoms with Gasteiger partial charge in [0.2, 0.25) is 0 Å². The third kappa shape index (κ3) is 3.36. The highest BCUT2D eigenvalue weighted by molar-refractivity contribution is 6.00. The van der Waals surface area contributed by atoms with Crippen LogP contribution in [0.1, 0.15) is 15.9 Å². The quantitative estimate of drug-likeness (QED) is 0.768. The Hall–Kier alpha value is -2.56. The van der Waals surface area contributed by atoms with Crippen molar-refractivity contribution in [1.29, 1.82) is 0 Å². The van der Waals surface area contributed by atoms with Crippen LogP contribution in [-0.2, 0) is 6.42 Å². The zero-order valence-corrected chi connectivity index (χ0v) is 12.7. The summed E-state index contributed by atoms with van der Waals surface area (Å²) in [6.45, 7) is 0. The van der Waals surface area contributed by atoms with E-state index in [0.717, 1.165) is 5.56 Å². The summed E-state index contributed by atoms with van der Waals surface area (Å²) in [6, 6.07) is 9.71. The highest BCUT2D eigenvalue weighted by atomic mass is 19.1. The standard InChI is InChI=1S/C17H17FO4/c1-20-12-6-4-11(5-7-12)8-15(19)17-14(18)9-13(21-2)10-16(17)22-3/h4-7,9-10H,8H2,1-3H3. The maximum absolute atomic E-state index is 14.2. The van der Waals surface area contributed by atoms with Crippen LogP contribution in [0.4, 0.5) is 4.39 Å². The SMILES string of the molecule is COc1ccc(CC(=O)c2c(F)cc(OC)cc2OC)cc1. The summed E-state index contributed by atoms with van der Waals surface area (Å²) in [5.41, 5.74) is 0.696. The molecule has 0 aromatic heterocycles. The fourth-order valence-corrected chi connectivity index (χ4v) is 2.12. The van der Waals surface area contributed by atoms with Gasteiger partial charge >= 0.3 is 0 Å². The van der Waals surface area contributed by atoms with E-state index in [9.17, 15) is 9.18 Å². The molecule has 0 atom stereocenters. The number of hydrogen-bond donors (Lipinski definition) is 0. The first-order chi connectivity index (χ1) is 10.6. The molecule has 0 fully saturated rings. The summed E-state index contributed by atoms with van der Waals surface area (Å²) in [6.07, 6.45) is 0.0730. The van der Waals surface area contributed by atoms with Crippen LogP contribution in [-0.4, -0.2) is 27.1 Å². The number of Topliss-reactive ketones (excluding diaryl/α,β-unsaturated/α-hetero) is 1. The van der Waals surface area contributed by atoms with Crippen molar-refractivity contribution < 1.29 is 23.4 Å². The highest BCUT2D eigenvalue weighted by Gasteiger charge is 2.20. The first-order valence-electron chi connectivity index (χ1n) is 6.66. The molecule has 0 aliphatic heterocycles. The Morgan fingerprint density at radius 2 is 1.59 bits per heavy atom. The van der Waals surface area contributed by atoms with E-state index < -0.39 is 5.82 Å². The summed E-state index contributed by atoms with van der Waals surface area (Å²) in [5, 5.41) is 0. The van der Waals surface area contributed by atoms with Crippen molar-refractivity contribution in [3.05, 3.63) is 53.3 Å². The van der Waals surface area contributed by atoms with Crippen molar-refractivity contribution in [3.8, 4) is 17.2 Å². The summed E-state index contributed by atoms with van der Waals surface area (Å²) >= 11 is 0. The Morgan fingerprint density at radius 1 is 0.955 bits per heavy atom. The molecule has 0 heterocycles. The maximum Gasteiger partial charge on any atom is 0.173 e. The minimum atomic E-state index is -0.658. The van der Waals surface area contributed by atoms with Crippen molar-refractivity contribution in [3.63, 3.8) is 0 Å². The minimum absolute atomic E-state index is 0.0703. The van der Waals surface area contributed by atoms with Crippen LogP contribution in [0.15, 0.2) is 36.4 Å². The normalized spacial score (nSPS) is 10.2. The molecule has 0 N–H and O–H groups in total. The van der Waals surface area contributed by atoms with E-state index in [1.807, 2.05) is 0 Å². The summed E-state index contributed by atoms with van der Waals surface area (Å²) in [5.74, 6) is 0.145. The minimum Gasteiger partial charge on any atom is -0.497 e. The molecule has 116 valence electrons. The molecule has 0 radical (unpaired) electrons. The number of ether oxygens (including phenoxy) is 3. The van der Waals surface area contributed by atoms with Crippen LogP contribution in [0.2, 0.25) is 0 Å². The molecule has 0 aliphatic carbocycles. The predicted molar refractivity (Wildman–Crippen MR) is 80.5 cm³/mol. The lowest BCUT2D eigenvalue weighted by Gasteiger charge is -2.11. The van der Waals surface area contributed by atoms with E-state index >= 15 is 0 Å². The van der Waals surface area contributed by atoms with Crippen molar-refractivity contribution in [2.75, 3.05) is 21.3 Å². The van der Waals surface area contributed by atoms with Crippen LogP contribution >= 0.6 is 0 Å². The maximum atomic E-state index is 14.2. The Labute approximate surface area is 128 Å². The second kappa shape index (κ2) is 6.93. The second-order valence-electron chi connectivity index (χ2n) is 4.63. The van der Waals surface area contributed by atoms with Crippen molar-refractivity contribution in [1.82, 2.24) is 0 Å². The van der Waals surface area contributed by atoms with Crippen molar-refractivity contribution in [2.24, 2.45) is 0 Å². The zero-order chi connectivity index (χ0) is 16.1. The molecule has 0 aliphatic rings. The van der Waals surface area contributed by atoms with Crippen LogP contribution in [0.25, 0.3) is 0 Å². The monoisotopic (exact) mass is 304 g/mol. The van der Waals surface area contributed by atoms with Crippen LogP contribution in [0, 0.1) is 5.82 Å². The molecule has 0 spiro atoms. The number of carbonyl (C=O) groups excluding carboxylic acids is 1. The third-order valence-electron chi connectivity index (χ3n) is 3.29. The van der Waals surface area contributed by atoms with Gasteiger partial charge in [-0.2, -0.15) is 0 Å². The topological polar surface area (TPSA) is 44.8 Å². The molecule has 0 amide bonds. The fourth-order valence-electron chi connectivity index (χ4n) is 2.12. The number of ketones is 1. The molecular weight excluding hydrogens is 287 g/mol. The van der Waals surface area contributed by atoms with Crippen LogP contribution in [0.5, 0.6) is 17.2 Å². The van der Waals surface area contributed by atoms with Crippen LogP contribution < -0.4 is 14.2 Å². The highest BCUT2D eigenvalue weighted by Crippen LogP contribution is 2.29. The van der Waals surface area contributed by atoms with Gasteiger partial charge in [0.05, 0.1) is 26.9 Å². The molecule has 0 bridgehead atoms. The van der Waals surface area contributed by atoms with Gasteiger partial charge < -0.3 is 14.2 Å². The number of methoxy groups -OCH3 is 3. The third-order valence-corrected chi connectivity index (χ3v) is 3.29. The van der Waals surface area contributed by atoms with Gasteiger partial charge in [0.25, 0.3) is 0 Å². The molecule has 5 heteroatoms. The van der Waals surface area contributed by atoms with Gasteiger partial charge in [-0.05, 0) is 17.7 Å². The lowest BCUT2D eigenvalue weighted by atomic mass is 10.0. The number of benzene rings is 2. The predicted octanol–water partition coefficient (Wildman–Crippen LogP) is 3.28. The summed E-state index contributed by atoms with van der Waals surface area (Å²) in [7, 11) is 4.38. The molecule has 4 nitrogen and oxygen atoms in total. The molecular formula is C17H17FO4. The Kier molecular flexibility index (Phi) is 4.99. The Morgan fingerprint density at radius 3 is 2.14 bits per heavy atom. The summed E-state index contributed by atoms with van der Waals surface area (Å²) < 4.78 is 29.3. The van der Waals surface area contributed by atoms with E-state index in [0.29, 0.717) is 11.5 Å². The van der Waals surface area contributed by atoms with Gasteiger partial charge in [-0.15, -0.1) is 0 Å². The fraction of sp³-hybridized carbons (Fsp3) is 0.235. The van der Waals surface area contributed by atoms with E-state index in [4.69, 9.17) is 14.2 Å². The van der Waals surface area contributed by atoms with Gasteiger partial charge in [0.15, 0.2) is 5.78 Å². The number of halogens is 1. The molecule has 2 rings (SSSR count). The van der Waals surface area contributed by atoms with Gasteiger partial charge in [-0.3, -0.25) is 4.79 Å².